The van der Waals surface area contributed by atoms with E-state index < -0.39 is 24.3 Å². The first-order chi connectivity index (χ1) is 18.5. The van der Waals surface area contributed by atoms with Crippen LogP contribution in [0, 0.1) is 5.82 Å². The SMILES string of the molecule is O=C(O)C(F)(F)F.O=C(O)C(F)(F)F.O=C1CCC2(CCN(Cc3ccc(F)cc3)CC2)N1Cc1ccncc1. The van der Waals surface area contributed by atoms with E-state index >= 15 is 0 Å². The van der Waals surface area contributed by atoms with Crippen molar-refractivity contribution in [3.8, 4) is 0 Å². The topological polar surface area (TPSA) is 111 Å². The molecular weight excluding hydrogens is 555 g/mol. The number of benzene rings is 1. The van der Waals surface area contributed by atoms with E-state index in [0.717, 1.165) is 50.0 Å². The molecule has 0 radical (unpaired) electrons. The summed E-state index contributed by atoms with van der Waals surface area (Å²) in [6.07, 6.45) is -2.97. The summed E-state index contributed by atoms with van der Waals surface area (Å²) in [4.78, 5) is 38.9. The summed E-state index contributed by atoms with van der Waals surface area (Å²) in [5.74, 6) is -5.43. The maximum atomic E-state index is 13.1. The van der Waals surface area contributed by atoms with E-state index in [0.29, 0.717) is 13.0 Å². The molecule has 4 rings (SSSR count). The number of piperidine rings is 1. The lowest BCUT2D eigenvalue weighted by atomic mass is 9.84. The molecular formula is C25H26F7N3O5. The van der Waals surface area contributed by atoms with Crippen LogP contribution >= 0.6 is 0 Å². The van der Waals surface area contributed by atoms with Crippen LogP contribution in [0.2, 0.25) is 0 Å². The number of carboxylic acid groups (broad SMARTS) is 2. The molecule has 2 aromatic rings. The Morgan fingerprint density at radius 2 is 1.25 bits per heavy atom. The minimum absolute atomic E-state index is 0.000348. The number of carbonyl (C=O) groups is 3. The van der Waals surface area contributed by atoms with Crippen molar-refractivity contribution in [2.75, 3.05) is 13.1 Å². The zero-order valence-electron chi connectivity index (χ0n) is 20.9. The van der Waals surface area contributed by atoms with Crippen LogP contribution in [0.15, 0.2) is 48.8 Å². The molecule has 15 heteroatoms. The van der Waals surface area contributed by atoms with E-state index in [1.807, 2.05) is 24.3 Å². The lowest BCUT2D eigenvalue weighted by Gasteiger charge is -2.45. The van der Waals surface area contributed by atoms with Crippen LogP contribution in [0.1, 0.15) is 36.8 Å². The molecule has 1 amide bonds. The molecule has 0 aliphatic carbocycles. The normalized spacial score (nSPS) is 17.0. The number of carbonyl (C=O) groups excluding carboxylic acids is 1. The fourth-order valence-electron chi connectivity index (χ4n) is 4.30. The van der Waals surface area contributed by atoms with Crippen LogP contribution in [0.4, 0.5) is 30.7 Å². The van der Waals surface area contributed by atoms with E-state index in [4.69, 9.17) is 19.8 Å². The number of likely N-dealkylation sites (tertiary alicyclic amines) is 2. The number of hydrogen-bond donors (Lipinski definition) is 2. The second kappa shape index (κ2) is 13.5. The summed E-state index contributed by atoms with van der Waals surface area (Å²) in [6, 6.07) is 10.7. The smallest absolute Gasteiger partial charge is 0.475 e. The van der Waals surface area contributed by atoms with E-state index in [-0.39, 0.29) is 17.3 Å². The van der Waals surface area contributed by atoms with Crippen molar-refractivity contribution < 1.29 is 55.3 Å². The third-order valence-electron chi connectivity index (χ3n) is 6.36. The van der Waals surface area contributed by atoms with Crippen LogP contribution in [0.5, 0.6) is 0 Å². The molecule has 2 aliphatic rings. The lowest BCUT2D eigenvalue weighted by molar-refractivity contribution is -0.193. The number of rotatable bonds is 4. The lowest BCUT2D eigenvalue weighted by Crippen LogP contribution is -2.52. The molecule has 220 valence electrons. The number of hydrogen-bond acceptors (Lipinski definition) is 5. The fourth-order valence-corrected chi connectivity index (χ4v) is 4.30. The number of pyridine rings is 1. The van der Waals surface area contributed by atoms with Gasteiger partial charge in [0.05, 0.1) is 0 Å². The standard InChI is InChI=1S/C21H24FN3O.2C2HF3O2/c22-19-3-1-17(2-4-19)15-24-13-9-21(10-14-24)8-5-20(26)25(21)16-18-6-11-23-12-7-18;2*3-2(4,5)1(6)7/h1-4,6-7,11-12H,5,8-10,13-16H2;2*(H,6,7). The average Bonchev–Trinajstić information content (AvgIpc) is 3.17. The number of nitrogens with zero attached hydrogens (tertiary/aromatic N) is 3. The Morgan fingerprint density at radius 1 is 0.800 bits per heavy atom. The number of halogens is 7. The summed E-state index contributed by atoms with van der Waals surface area (Å²) in [5, 5.41) is 14.2. The highest BCUT2D eigenvalue weighted by Crippen LogP contribution is 2.40. The molecule has 3 heterocycles. The molecule has 0 unspecified atom stereocenters. The molecule has 1 aromatic carbocycles. The third-order valence-corrected chi connectivity index (χ3v) is 6.36. The third kappa shape index (κ3) is 9.77. The predicted octanol–water partition coefficient (Wildman–Crippen LogP) is 4.64. The largest absolute Gasteiger partial charge is 0.490 e. The Hall–Kier alpha value is -3.75. The quantitative estimate of drug-likeness (QED) is 0.506. The van der Waals surface area contributed by atoms with Crippen LogP contribution in [-0.4, -0.2) is 73.8 Å². The maximum Gasteiger partial charge on any atom is 0.490 e. The van der Waals surface area contributed by atoms with Gasteiger partial charge in [-0.3, -0.25) is 14.7 Å². The first kappa shape index (κ1) is 32.5. The van der Waals surface area contributed by atoms with Crippen molar-refractivity contribution in [1.82, 2.24) is 14.8 Å². The Bertz CT molecular complexity index is 1110. The minimum Gasteiger partial charge on any atom is -0.475 e. The van der Waals surface area contributed by atoms with Crippen molar-refractivity contribution in [2.24, 2.45) is 0 Å². The first-order valence-corrected chi connectivity index (χ1v) is 11.8. The van der Waals surface area contributed by atoms with Crippen molar-refractivity contribution in [3.63, 3.8) is 0 Å². The van der Waals surface area contributed by atoms with Crippen molar-refractivity contribution >= 4 is 17.8 Å². The zero-order chi connectivity index (χ0) is 30.1. The monoisotopic (exact) mass is 581 g/mol. The van der Waals surface area contributed by atoms with Gasteiger partial charge < -0.3 is 15.1 Å². The van der Waals surface area contributed by atoms with E-state index in [1.54, 1.807) is 12.4 Å². The summed E-state index contributed by atoms with van der Waals surface area (Å²) >= 11 is 0. The molecule has 0 saturated carbocycles. The Balaban J connectivity index is 0.000000333. The molecule has 2 saturated heterocycles. The fraction of sp³-hybridized carbons (Fsp3) is 0.440. The number of alkyl halides is 6. The van der Waals surface area contributed by atoms with Crippen LogP contribution < -0.4 is 0 Å². The molecule has 0 atom stereocenters. The Labute approximate surface area is 224 Å². The van der Waals surface area contributed by atoms with Crippen molar-refractivity contribution in [1.29, 1.82) is 0 Å². The van der Waals surface area contributed by atoms with Gasteiger partial charge in [-0.1, -0.05) is 12.1 Å². The molecule has 2 aliphatic heterocycles. The van der Waals surface area contributed by atoms with Gasteiger partial charge in [0.1, 0.15) is 5.82 Å². The molecule has 2 fully saturated rings. The van der Waals surface area contributed by atoms with Crippen LogP contribution in [0.25, 0.3) is 0 Å². The van der Waals surface area contributed by atoms with Gasteiger partial charge in [0.15, 0.2) is 0 Å². The van der Waals surface area contributed by atoms with E-state index in [2.05, 4.69) is 14.8 Å². The highest BCUT2D eigenvalue weighted by atomic mass is 19.4. The van der Waals surface area contributed by atoms with Gasteiger partial charge in [-0.2, -0.15) is 26.3 Å². The first-order valence-electron chi connectivity index (χ1n) is 11.8. The minimum atomic E-state index is -5.08. The second-order valence-corrected chi connectivity index (χ2v) is 9.07. The molecule has 1 aromatic heterocycles. The number of amides is 1. The van der Waals surface area contributed by atoms with Gasteiger partial charge in [0.25, 0.3) is 0 Å². The van der Waals surface area contributed by atoms with Gasteiger partial charge in [0, 0.05) is 50.5 Å². The van der Waals surface area contributed by atoms with Gasteiger partial charge in [-0.15, -0.1) is 0 Å². The van der Waals surface area contributed by atoms with Crippen molar-refractivity contribution in [2.45, 2.75) is 56.7 Å². The molecule has 2 N–H and O–H groups in total. The number of aliphatic carboxylic acids is 2. The Morgan fingerprint density at radius 3 is 1.70 bits per heavy atom. The van der Waals surface area contributed by atoms with Crippen LogP contribution in [0.3, 0.4) is 0 Å². The summed E-state index contributed by atoms with van der Waals surface area (Å²) < 4.78 is 76.5. The Kier molecular flexibility index (Phi) is 11.0. The number of carboxylic acids is 2. The molecule has 8 nitrogen and oxygen atoms in total. The summed E-state index contributed by atoms with van der Waals surface area (Å²) in [6.45, 7) is 3.46. The van der Waals surface area contributed by atoms with Crippen molar-refractivity contribution in [3.05, 3.63) is 65.7 Å². The summed E-state index contributed by atoms with van der Waals surface area (Å²) in [5.41, 5.74) is 2.28. The molecule has 1 spiro atoms. The second-order valence-electron chi connectivity index (χ2n) is 9.07. The molecule has 40 heavy (non-hydrogen) atoms. The maximum absolute atomic E-state index is 13.1. The number of aromatic nitrogens is 1. The predicted molar refractivity (Wildman–Crippen MR) is 125 cm³/mol. The van der Waals surface area contributed by atoms with E-state index in [1.165, 1.54) is 12.1 Å². The highest BCUT2D eigenvalue weighted by molar-refractivity contribution is 5.79. The van der Waals surface area contributed by atoms with Gasteiger partial charge in [0.2, 0.25) is 5.91 Å². The van der Waals surface area contributed by atoms with Gasteiger partial charge in [-0.05, 0) is 54.7 Å². The van der Waals surface area contributed by atoms with Gasteiger partial charge in [-0.25, -0.2) is 14.0 Å². The highest BCUT2D eigenvalue weighted by Gasteiger charge is 2.46. The zero-order valence-corrected chi connectivity index (χ0v) is 20.9. The van der Waals surface area contributed by atoms with Crippen LogP contribution in [-0.2, 0) is 27.5 Å². The summed E-state index contributed by atoms with van der Waals surface area (Å²) in [7, 11) is 0. The van der Waals surface area contributed by atoms with Gasteiger partial charge >= 0.3 is 24.3 Å². The van der Waals surface area contributed by atoms with E-state index in [9.17, 15) is 35.5 Å². The average molecular weight is 581 g/mol. The molecule has 0 bridgehead atoms.